The number of rotatable bonds is 5. The molecule has 0 amide bonds. The van der Waals surface area contributed by atoms with Crippen LogP contribution in [-0.2, 0) is 13.6 Å². The molecule has 23 heavy (non-hydrogen) atoms. The lowest BCUT2D eigenvalue weighted by molar-refractivity contribution is 0.416. The third-order valence-electron chi connectivity index (χ3n) is 4.04. The molecule has 7 nitrogen and oxygen atoms in total. The van der Waals surface area contributed by atoms with Gasteiger partial charge in [-0.1, -0.05) is 17.3 Å². The van der Waals surface area contributed by atoms with Crippen LogP contribution < -0.4 is 4.74 Å². The lowest BCUT2D eigenvalue weighted by atomic mass is 10.1. The molecule has 0 bridgehead atoms. The van der Waals surface area contributed by atoms with Gasteiger partial charge in [0.15, 0.2) is 5.82 Å². The van der Waals surface area contributed by atoms with Gasteiger partial charge in [-0.2, -0.15) is 5.10 Å². The predicted octanol–water partition coefficient (Wildman–Crippen LogP) is 2.01. The highest BCUT2D eigenvalue weighted by Gasteiger charge is 2.28. The molecule has 1 aromatic carbocycles. The van der Waals surface area contributed by atoms with Gasteiger partial charge in [-0.25, -0.2) is 9.67 Å². The summed E-state index contributed by atoms with van der Waals surface area (Å²) in [6, 6.07) is 7.78. The second-order valence-electron chi connectivity index (χ2n) is 5.79. The largest absolute Gasteiger partial charge is 0.496 e. The number of benzene rings is 1. The van der Waals surface area contributed by atoms with E-state index in [4.69, 9.17) is 4.74 Å². The van der Waals surface area contributed by atoms with Gasteiger partial charge < -0.3 is 4.74 Å². The molecule has 0 spiro atoms. The van der Waals surface area contributed by atoms with Crippen molar-refractivity contribution in [1.29, 1.82) is 0 Å². The molecule has 0 atom stereocenters. The maximum absolute atomic E-state index is 5.38. The van der Waals surface area contributed by atoms with E-state index >= 15 is 0 Å². The SMILES string of the molecule is COc1ccccc1-c1cn(Cc2nc(C3CC3)nn2C)nn1. The van der Waals surface area contributed by atoms with Crippen LogP contribution in [0.15, 0.2) is 30.5 Å². The number of aryl methyl sites for hydroxylation is 1. The molecule has 0 unspecified atom stereocenters. The molecule has 118 valence electrons. The zero-order valence-corrected chi connectivity index (χ0v) is 13.2. The Morgan fingerprint density at radius 2 is 2.09 bits per heavy atom. The number of methoxy groups -OCH3 is 1. The third-order valence-corrected chi connectivity index (χ3v) is 4.04. The van der Waals surface area contributed by atoms with Gasteiger partial charge >= 0.3 is 0 Å². The van der Waals surface area contributed by atoms with E-state index in [2.05, 4.69) is 20.4 Å². The van der Waals surface area contributed by atoms with Gasteiger partial charge in [0.2, 0.25) is 0 Å². The average molecular weight is 310 g/mol. The van der Waals surface area contributed by atoms with E-state index < -0.39 is 0 Å². The van der Waals surface area contributed by atoms with Gasteiger partial charge in [-0.3, -0.25) is 4.68 Å². The van der Waals surface area contributed by atoms with Crippen LogP contribution in [0.3, 0.4) is 0 Å². The highest BCUT2D eigenvalue weighted by atomic mass is 16.5. The Balaban J connectivity index is 1.58. The minimum absolute atomic E-state index is 0.551. The molecule has 0 aliphatic heterocycles. The van der Waals surface area contributed by atoms with Gasteiger partial charge in [-0.15, -0.1) is 5.10 Å². The van der Waals surface area contributed by atoms with E-state index in [1.165, 1.54) is 12.8 Å². The van der Waals surface area contributed by atoms with E-state index in [1.54, 1.807) is 11.8 Å². The van der Waals surface area contributed by atoms with E-state index in [1.807, 2.05) is 42.2 Å². The summed E-state index contributed by atoms with van der Waals surface area (Å²) in [5.41, 5.74) is 1.71. The number of aromatic nitrogens is 6. The Morgan fingerprint density at radius 1 is 1.26 bits per heavy atom. The molecule has 1 aliphatic carbocycles. The van der Waals surface area contributed by atoms with E-state index in [9.17, 15) is 0 Å². The van der Waals surface area contributed by atoms with Crippen LogP contribution in [0.25, 0.3) is 11.3 Å². The fourth-order valence-corrected chi connectivity index (χ4v) is 2.59. The molecule has 2 aromatic heterocycles. The highest BCUT2D eigenvalue weighted by Crippen LogP contribution is 2.38. The summed E-state index contributed by atoms with van der Waals surface area (Å²) < 4.78 is 8.99. The molecule has 2 heterocycles. The fourth-order valence-electron chi connectivity index (χ4n) is 2.59. The summed E-state index contributed by atoms with van der Waals surface area (Å²) in [6.07, 6.45) is 4.30. The molecule has 7 heteroatoms. The predicted molar refractivity (Wildman–Crippen MR) is 84.1 cm³/mol. The second kappa shape index (κ2) is 5.49. The lowest BCUT2D eigenvalue weighted by Crippen LogP contribution is -2.07. The Kier molecular flexibility index (Phi) is 3.33. The normalized spacial score (nSPS) is 14.2. The van der Waals surface area contributed by atoms with Crippen molar-refractivity contribution in [2.24, 2.45) is 7.05 Å². The molecule has 0 saturated heterocycles. The second-order valence-corrected chi connectivity index (χ2v) is 5.79. The number of para-hydroxylation sites is 1. The Bertz CT molecular complexity index is 833. The van der Waals surface area contributed by atoms with Crippen molar-refractivity contribution >= 4 is 0 Å². The standard InChI is InChI=1S/C16H18N6O/c1-21-15(17-16(19-21)11-7-8-11)10-22-9-13(18-20-22)12-5-3-4-6-14(12)23-2/h3-6,9,11H,7-8,10H2,1-2H3. The van der Waals surface area contributed by atoms with E-state index in [-0.39, 0.29) is 0 Å². The number of nitrogens with zero attached hydrogens (tertiary/aromatic N) is 6. The highest BCUT2D eigenvalue weighted by molar-refractivity contribution is 5.65. The smallest absolute Gasteiger partial charge is 0.154 e. The van der Waals surface area contributed by atoms with E-state index in [0.717, 1.165) is 28.7 Å². The Morgan fingerprint density at radius 3 is 2.87 bits per heavy atom. The molecule has 0 radical (unpaired) electrons. The average Bonchev–Trinajstić information content (AvgIpc) is 3.22. The molecule has 1 fully saturated rings. The van der Waals surface area contributed by atoms with Crippen molar-refractivity contribution in [2.75, 3.05) is 7.11 Å². The molecule has 0 N–H and O–H groups in total. The van der Waals surface area contributed by atoms with Gasteiger partial charge in [0.25, 0.3) is 0 Å². The van der Waals surface area contributed by atoms with Crippen molar-refractivity contribution in [3.8, 4) is 17.0 Å². The third kappa shape index (κ3) is 2.69. The zero-order chi connectivity index (χ0) is 15.8. The summed E-state index contributed by atoms with van der Waals surface area (Å²) in [6.45, 7) is 0.554. The van der Waals surface area contributed by atoms with Crippen molar-refractivity contribution in [2.45, 2.75) is 25.3 Å². The first-order valence-electron chi connectivity index (χ1n) is 7.68. The first-order valence-corrected chi connectivity index (χ1v) is 7.68. The number of ether oxygens (including phenoxy) is 1. The summed E-state index contributed by atoms with van der Waals surface area (Å²) in [7, 11) is 3.58. The van der Waals surface area contributed by atoms with Crippen LogP contribution in [0, 0.1) is 0 Å². The van der Waals surface area contributed by atoms with Crippen LogP contribution in [-0.4, -0.2) is 36.9 Å². The molecular formula is C16H18N6O. The van der Waals surface area contributed by atoms with Crippen LogP contribution in [0.5, 0.6) is 5.75 Å². The van der Waals surface area contributed by atoms with Crippen LogP contribution in [0.2, 0.25) is 0 Å². The Labute approximate surface area is 133 Å². The molecular weight excluding hydrogens is 292 g/mol. The zero-order valence-electron chi connectivity index (χ0n) is 13.2. The minimum atomic E-state index is 0.551. The van der Waals surface area contributed by atoms with Gasteiger partial charge in [0.05, 0.1) is 13.3 Å². The van der Waals surface area contributed by atoms with Gasteiger partial charge in [-0.05, 0) is 25.0 Å². The lowest BCUT2D eigenvalue weighted by Gasteiger charge is -2.04. The van der Waals surface area contributed by atoms with Gasteiger partial charge in [0, 0.05) is 18.5 Å². The van der Waals surface area contributed by atoms with Crippen molar-refractivity contribution in [1.82, 2.24) is 29.8 Å². The van der Waals surface area contributed by atoms with E-state index in [0.29, 0.717) is 12.5 Å². The summed E-state index contributed by atoms with van der Waals surface area (Å²) in [4.78, 5) is 4.62. The number of hydrogen-bond acceptors (Lipinski definition) is 5. The van der Waals surface area contributed by atoms with Crippen molar-refractivity contribution in [3.05, 3.63) is 42.1 Å². The molecule has 4 rings (SSSR count). The first-order chi connectivity index (χ1) is 11.2. The first kappa shape index (κ1) is 13.9. The van der Waals surface area contributed by atoms with Gasteiger partial charge in [0.1, 0.15) is 23.8 Å². The van der Waals surface area contributed by atoms with Crippen LogP contribution in [0.4, 0.5) is 0 Å². The summed E-state index contributed by atoms with van der Waals surface area (Å²) in [5, 5.41) is 12.9. The van der Waals surface area contributed by atoms with Crippen molar-refractivity contribution < 1.29 is 4.74 Å². The minimum Gasteiger partial charge on any atom is -0.496 e. The number of hydrogen-bond donors (Lipinski definition) is 0. The Hall–Kier alpha value is -2.70. The fraction of sp³-hybridized carbons (Fsp3) is 0.375. The van der Waals surface area contributed by atoms with Crippen molar-refractivity contribution in [3.63, 3.8) is 0 Å². The molecule has 1 saturated carbocycles. The summed E-state index contributed by atoms with van der Waals surface area (Å²) in [5.74, 6) is 3.18. The maximum Gasteiger partial charge on any atom is 0.154 e. The van der Waals surface area contributed by atoms with Crippen LogP contribution >= 0.6 is 0 Å². The topological polar surface area (TPSA) is 70.7 Å². The quantitative estimate of drug-likeness (QED) is 0.721. The summed E-state index contributed by atoms with van der Waals surface area (Å²) >= 11 is 0. The monoisotopic (exact) mass is 310 g/mol. The molecule has 1 aliphatic rings. The molecule has 3 aromatic rings. The van der Waals surface area contributed by atoms with Crippen LogP contribution in [0.1, 0.15) is 30.4 Å². The maximum atomic E-state index is 5.38.